The zero-order valence-corrected chi connectivity index (χ0v) is 26.5. The smallest absolute Gasteiger partial charge is 0.333 e. The Morgan fingerprint density at radius 2 is 1.52 bits per heavy atom. The molecule has 0 spiro atoms. The number of fused-ring (bicyclic) bond motifs is 1. The molecule has 0 bridgehead atoms. The van der Waals surface area contributed by atoms with Gasteiger partial charge in [-0.2, -0.15) is 4.98 Å². The third kappa shape index (κ3) is 5.43. The molecule has 0 aliphatic carbocycles. The molecule has 12 heteroatoms. The number of aromatic nitrogens is 6. The predicted molar refractivity (Wildman–Crippen MR) is 170 cm³/mol. The first-order valence-electron chi connectivity index (χ1n) is 14.7. The van der Waals surface area contributed by atoms with E-state index in [1.165, 1.54) is 9.13 Å². The maximum absolute atomic E-state index is 14.4. The Kier molecular flexibility index (Phi) is 8.78. The van der Waals surface area contributed by atoms with Gasteiger partial charge in [0, 0.05) is 53.8 Å². The fourth-order valence-electron chi connectivity index (χ4n) is 6.06. The Balaban J connectivity index is 1.81. The molecule has 1 fully saturated rings. The van der Waals surface area contributed by atoms with Gasteiger partial charge < -0.3 is 20.1 Å². The standard InChI is InChI=1S/C32H40N8O4/c1-8-9-13-38-26-29(36-31(38)37-12-10-11-23(33)16-37)39(17-24-21(4)27(43-6)19(2)14-34-24)32(42)40(30(26)41)18-25-22(5)28(44-7)20(3)15-35-25/h14-15,23H,10-13,16-18,33H2,1-7H3/t23-/m1/s1. The van der Waals surface area contributed by atoms with Crippen molar-refractivity contribution >= 4 is 17.1 Å². The van der Waals surface area contributed by atoms with Crippen LogP contribution >= 0.6 is 0 Å². The van der Waals surface area contributed by atoms with Gasteiger partial charge in [0.1, 0.15) is 11.5 Å². The summed E-state index contributed by atoms with van der Waals surface area (Å²) in [4.78, 5) is 45.0. The summed E-state index contributed by atoms with van der Waals surface area (Å²) in [5, 5.41) is 0. The quantitative estimate of drug-likeness (QED) is 0.303. The number of pyridine rings is 2. The highest BCUT2D eigenvalue weighted by Crippen LogP contribution is 2.27. The predicted octanol–water partition coefficient (Wildman–Crippen LogP) is 2.45. The second-order valence-corrected chi connectivity index (χ2v) is 11.3. The zero-order valence-electron chi connectivity index (χ0n) is 26.5. The number of hydrogen-bond donors (Lipinski definition) is 1. The van der Waals surface area contributed by atoms with E-state index in [4.69, 9.17) is 20.2 Å². The Hall–Kier alpha value is -4.63. The van der Waals surface area contributed by atoms with E-state index in [0.29, 0.717) is 35.4 Å². The van der Waals surface area contributed by atoms with Crippen molar-refractivity contribution < 1.29 is 9.47 Å². The molecular formula is C32H40N8O4. The molecule has 1 aliphatic rings. The zero-order chi connectivity index (χ0) is 31.7. The van der Waals surface area contributed by atoms with E-state index in [1.807, 2.05) is 32.3 Å². The molecule has 4 aromatic heterocycles. The van der Waals surface area contributed by atoms with Gasteiger partial charge in [-0.3, -0.25) is 28.5 Å². The molecule has 4 aromatic rings. The van der Waals surface area contributed by atoms with E-state index >= 15 is 0 Å². The molecule has 0 amide bonds. The minimum absolute atomic E-state index is 0.0226. The Morgan fingerprint density at radius 1 is 0.932 bits per heavy atom. The van der Waals surface area contributed by atoms with Gasteiger partial charge in [0.05, 0.1) is 45.2 Å². The lowest BCUT2D eigenvalue weighted by Crippen LogP contribution is -2.44. The van der Waals surface area contributed by atoms with E-state index in [2.05, 4.69) is 26.7 Å². The van der Waals surface area contributed by atoms with Crippen molar-refractivity contribution in [2.75, 3.05) is 32.2 Å². The van der Waals surface area contributed by atoms with Gasteiger partial charge >= 0.3 is 5.69 Å². The molecule has 1 aliphatic heterocycles. The number of hydrogen-bond acceptors (Lipinski definition) is 9. The summed E-state index contributed by atoms with van der Waals surface area (Å²) in [6.45, 7) is 10.9. The minimum Gasteiger partial charge on any atom is -0.496 e. The normalized spacial score (nSPS) is 14.9. The molecule has 1 atom stereocenters. The molecule has 0 radical (unpaired) electrons. The number of anilines is 1. The molecule has 2 N–H and O–H groups in total. The van der Waals surface area contributed by atoms with Crippen LogP contribution in [-0.2, 0) is 19.6 Å². The van der Waals surface area contributed by atoms with Crippen LogP contribution in [0.5, 0.6) is 11.5 Å². The molecule has 1 saturated heterocycles. The lowest BCUT2D eigenvalue weighted by molar-refractivity contribution is 0.406. The largest absolute Gasteiger partial charge is 0.496 e. The first-order chi connectivity index (χ1) is 21.1. The summed E-state index contributed by atoms with van der Waals surface area (Å²) in [6, 6.07) is -0.0226. The summed E-state index contributed by atoms with van der Waals surface area (Å²) < 4.78 is 15.8. The van der Waals surface area contributed by atoms with Gasteiger partial charge in [0.25, 0.3) is 5.56 Å². The molecule has 0 unspecified atom stereocenters. The highest BCUT2D eigenvalue weighted by atomic mass is 16.5. The number of nitrogens with zero attached hydrogens (tertiary/aromatic N) is 7. The molecular weight excluding hydrogens is 560 g/mol. The third-order valence-corrected chi connectivity index (χ3v) is 8.36. The second-order valence-electron chi connectivity index (χ2n) is 11.3. The highest BCUT2D eigenvalue weighted by molar-refractivity contribution is 5.75. The van der Waals surface area contributed by atoms with Crippen LogP contribution in [-0.4, -0.2) is 62.0 Å². The Bertz CT molecular complexity index is 1910. The van der Waals surface area contributed by atoms with Crippen molar-refractivity contribution in [1.29, 1.82) is 0 Å². The van der Waals surface area contributed by atoms with Crippen molar-refractivity contribution in [3.05, 3.63) is 66.9 Å². The number of nitrogens with two attached hydrogens (primary N) is 1. The molecule has 12 nitrogen and oxygen atoms in total. The number of methoxy groups -OCH3 is 2. The number of ether oxygens (including phenoxy) is 2. The second kappa shape index (κ2) is 12.5. The lowest BCUT2D eigenvalue weighted by Gasteiger charge is -2.31. The van der Waals surface area contributed by atoms with Crippen molar-refractivity contribution in [2.24, 2.45) is 5.73 Å². The van der Waals surface area contributed by atoms with Crippen LogP contribution in [0, 0.1) is 39.5 Å². The van der Waals surface area contributed by atoms with E-state index < -0.39 is 11.2 Å². The van der Waals surface area contributed by atoms with E-state index in [0.717, 1.165) is 41.6 Å². The van der Waals surface area contributed by atoms with Gasteiger partial charge in [0.15, 0.2) is 11.2 Å². The summed E-state index contributed by atoms with van der Waals surface area (Å²) >= 11 is 0. The van der Waals surface area contributed by atoms with Crippen molar-refractivity contribution in [2.45, 2.75) is 73.1 Å². The topological polar surface area (TPSA) is 135 Å². The number of imidazole rings is 1. The van der Waals surface area contributed by atoms with Crippen molar-refractivity contribution in [3.8, 4) is 23.3 Å². The SMILES string of the molecule is CC#CCn1c(N2CCC[C@@H](N)C2)nc2c1c(=O)n(Cc1ncc(C)c(OC)c1C)c(=O)n2Cc1ncc(C)c(OC)c1C. The molecule has 5 rings (SSSR count). The third-order valence-electron chi connectivity index (χ3n) is 8.36. The van der Waals surface area contributed by atoms with Crippen LogP contribution in [0.15, 0.2) is 22.0 Å². The van der Waals surface area contributed by atoms with Gasteiger partial charge in [-0.1, -0.05) is 5.92 Å². The van der Waals surface area contributed by atoms with Crippen molar-refractivity contribution in [1.82, 2.24) is 28.7 Å². The van der Waals surface area contributed by atoms with E-state index in [9.17, 15) is 9.59 Å². The maximum Gasteiger partial charge on any atom is 0.333 e. The van der Waals surface area contributed by atoms with Gasteiger partial charge in [-0.15, -0.1) is 5.92 Å². The van der Waals surface area contributed by atoms with Crippen LogP contribution in [0.3, 0.4) is 0 Å². The maximum atomic E-state index is 14.4. The first kappa shape index (κ1) is 30.8. The minimum atomic E-state index is -0.517. The van der Waals surface area contributed by atoms with Gasteiger partial charge in [0.2, 0.25) is 5.95 Å². The molecule has 0 saturated carbocycles. The van der Waals surface area contributed by atoms with Crippen LogP contribution in [0.1, 0.15) is 53.4 Å². The van der Waals surface area contributed by atoms with E-state index in [1.54, 1.807) is 33.5 Å². The van der Waals surface area contributed by atoms with Gasteiger partial charge in [-0.25, -0.2) is 4.79 Å². The van der Waals surface area contributed by atoms with E-state index in [-0.39, 0.29) is 36.8 Å². The average molecular weight is 601 g/mol. The monoisotopic (exact) mass is 600 g/mol. The summed E-state index contributed by atoms with van der Waals surface area (Å²) in [5.74, 6) is 7.97. The molecule has 0 aromatic carbocycles. The highest BCUT2D eigenvalue weighted by Gasteiger charge is 2.28. The average Bonchev–Trinajstić information content (AvgIpc) is 3.38. The summed E-state index contributed by atoms with van der Waals surface area (Å²) in [5.41, 5.74) is 10.4. The van der Waals surface area contributed by atoms with Crippen LogP contribution < -0.4 is 31.4 Å². The van der Waals surface area contributed by atoms with Crippen LogP contribution in [0.4, 0.5) is 5.95 Å². The lowest BCUT2D eigenvalue weighted by atomic mass is 10.1. The number of aryl methyl sites for hydroxylation is 2. The summed E-state index contributed by atoms with van der Waals surface area (Å²) in [7, 11) is 3.21. The molecule has 5 heterocycles. The Morgan fingerprint density at radius 3 is 2.07 bits per heavy atom. The molecule has 232 valence electrons. The number of piperidine rings is 1. The number of rotatable bonds is 8. The Labute approximate surface area is 256 Å². The molecule has 44 heavy (non-hydrogen) atoms. The van der Waals surface area contributed by atoms with Crippen LogP contribution in [0.2, 0.25) is 0 Å². The first-order valence-corrected chi connectivity index (χ1v) is 14.7. The fraction of sp³-hybridized carbons (Fsp3) is 0.469. The van der Waals surface area contributed by atoms with Crippen LogP contribution in [0.25, 0.3) is 11.2 Å². The van der Waals surface area contributed by atoms with Crippen molar-refractivity contribution in [3.63, 3.8) is 0 Å². The fourth-order valence-corrected chi connectivity index (χ4v) is 6.06. The summed E-state index contributed by atoms with van der Waals surface area (Å²) in [6.07, 6.45) is 5.22. The van der Waals surface area contributed by atoms with Gasteiger partial charge in [-0.05, 0) is 47.5 Å².